The molecule has 0 saturated carbocycles. The summed E-state index contributed by atoms with van der Waals surface area (Å²) in [4.78, 5) is 4.25. The van der Waals surface area contributed by atoms with Crippen molar-refractivity contribution in [1.29, 1.82) is 0 Å². The Balaban J connectivity index is 1.72. The molecule has 31 heavy (non-hydrogen) atoms. The van der Waals surface area contributed by atoms with Gasteiger partial charge in [-0.25, -0.2) is 17.6 Å². The number of aliphatic hydroxyl groups excluding tert-OH is 1. The van der Waals surface area contributed by atoms with Crippen LogP contribution in [0, 0.1) is 12.7 Å². The van der Waals surface area contributed by atoms with Gasteiger partial charge in [-0.1, -0.05) is 24.3 Å². The second-order valence-electron chi connectivity index (χ2n) is 8.44. The Kier molecular flexibility index (Phi) is 4.66. The van der Waals surface area contributed by atoms with Crippen LogP contribution in [0.5, 0.6) is 0 Å². The van der Waals surface area contributed by atoms with Crippen LogP contribution in [0.15, 0.2) is 48.7 Å². The van der Waals surface area contributed by atoms with E-state index in [4.69, 9.17) is 0 Å². The van der Waals surface area contributed by atoms with Crippen LogP contribution in [0.25, 0.3) is 11.1 Å². The molecule has 5 rings (SSSR count). The van der Waals surface area contributed by atoms with Gasteiger partial charge in [0.1, 0.15) is 18.1 Å². The van der Waals surface area contributed by atoms with Crippen LogP contribution >= 0.6 is 0 Å². The minimum absolute atomic E-state index is 0.193. The summed E-state index contributed by atoms with van der Waals surface area (Å²) >= 11 is 0. The zero-order chi connectivity index (χ0) is 21.9. The number of hydrogen-bond acceptors (Lipinski definition) is 2. The average Bonchev–Trinajstić information content (AvgIpc) is 2.98. The number of benzene rings is 2. The lowest BCUT2D eigenvalue weighted by Gasteiger charge is -2.30. The summed E-state index contributed by atoms with van der Waals surface area (Å²) in [6.07, 6.45) is -1.54. The summed E-state index contributed by atoms with van der Waals surface area (Å²) in [5.41, 5.74) is 4.07. The first-order chi connectivity index (χ1) is 14.8. The lowest BCUT2D eigenvalue weighted by molar-refractivity contribution is -0.0966. The first-order valence-electron chi connectivity index (χ1n) is 10.3. The number of aliphatic hydroxyl groups is 1. The van der Waals surface area contributed by atoms with E-state index >= 15 is 0 Å². The van der Waals surface area contributed by atoms with Crippen molar-refractivity contribution >= 4 is 0 Å². The molecule has 0 amide bonds. The number of fused-ring (bicyclic) bond motifs is 2. The van der Waals surface area contributed by atoms with Gasteiger partial charge in [0.25, 0.3) is 5.92 Å². The van der Waals surface area contributed by atoms with Crippen LogP contribution in [0.3, 0.4) is 0 Å². The number of hydrogen-bond donors (Lipinski definition) is 1. The van der Waals surface area contributed by atoms with Gasteiger partial charge in [0.15, 0.2) is 0 Å². The van der Waals surface area contributed by atoms with Crippen molar-refractivity contribution in [3.63, 3.8) is 0 Å². The van der Waals surface area contributed by atoms with Crippen molar-refractivity contribution in [2.45, 2.75) is 50.3 Å². The van der Waals surface area contributed by atoms with E-state index in [1.165, 1.54) is 12.1 Å². The third-order valence-electron chi connectivity index (χ3n) is 6.62. The number of rotatable bonds is 2. The smallest absolute Gasteiger partial charge is 0.281 e. The van der Waals surface area contributed by atoms with Gasteiger partial charge in [-0.2, -0.15) is 0 Å². The molecule has 160 valence electrons. The van der Waals surface area contributed by atoms with E-state index in [2.05, 4.69) is 4.98 Å². The number of halogens is 4. The van der Waals surface area contributed by atoms with E-state index in [0.717, 1.165) is 0 Å². The molecule has 0 fully saturated rings. The Hall–Kier alpha value is -2.73. The molecule has 2 aromatic carbocycles. The fraction of sp³-hybridized carbons (Fsp3) is 0.320. The zero-order valence-electron chi connectivity index (χ0n) is 16.9. The van der Waals surface area contributed by atoms with Gasteiger partial charge in [-0.15, -0.1) is 0 Å². The highest BCUT2D eigenvalue weighted by atomic mass is 19.3. The van der Waals surface area contributed by atoms with Gasteiger partial charge in [0.2, 0.25) is 0 Å². The van der Waals surface area contributed by atoms with Crippen LogP contribution < -0.4 is 0 Å². The van der Waals surface area contributed by atoms with Crippen molar-refractivity contribution in [2.24, 2.45) is 0 Å². The van der Waals surface area contributed by atoms with Crippen molar-refractivity contribution < 1.29 is 22.7 Å². The molecule has 0 saturated heterocycles. The van der Waals surface area contributed by atoms with Crippen molar-refractivity contribution in [3.8, 4) is 11.1 Å². The summed E-state index contributed by atoms with van der Waals surface area (Å²) in [7, 11) is 0. The van der Waals surface area contributed by atoms with Gasteiger partial charge >= 0.3 is 0 Å². The molecule has 1 heterocycles. The highest BCUT2D eigenvalue weighted by Gasteiger charge is 2.49. The van der Waals surface area contributed by atoms with E-state index in [0.29, 0.717) is 39.9 Å². The summed E-state index contributed by atoms with van der Waals surface area (Å²) < 4.78 is 57.7. The first-order valence-corrected chi connectivity index (χ1v) is 10.3. The Morgan fingerprint density at radius 1 is 1.00 bits per heavy atom. The summed E-state index contributed by atoms with van der Waals surface area (Å²) in [5.74, 6) is -4.15. The second-order valence-corrected chi connectivity index (χ2v) is 8.44. The largest absolute Gasteiger partial charge is 0.382 e. The minimum atomic E-state index is -3.30. The van der Waals surface area contributed by atoms with E-state index in [1.54, 1.807) is 43.5 Å². The highest BCUT2D eigenvalue weighted by molar-refractivity contribution is 5.74. The van der Waals surface area contributed by atoms with Crippen LogP contribution in [0.1, 0.15) is 64.5 Å². The maximum absolute atomic E-state index is 14.7. The highest BCUT2D eigenvalue weighted by Crippen LogP contribution is 2.52. The monoisotopic (exact) mass is 427 g/mol. The van der Waals surface area contributed by atoms with E-state index in [9.17, 15) is 22.7 Å². The van der Waals surface area contributed by atoms with Crippen molar-refractivity contribution in [1.82, 2.24) is 4.98 Å². The number of alkyl halides is 3. The van der Waals surface area contributed by atoms with E-state index in [1.807, 2.05) is 0 Å². The number of pyridine rings is 1. The predicted molar refractivity (Wildman–Crippen MR) is 109 cm³/mol. The topological polar surface area (TPSA) is 33.1 Å². The van der Waals surface area contributed by atoms with E-state index in [-0.39, 0.29) is 23.5 Å². The Bertz CT molecular complexity index is 1180. The van der Waals surface area contributed by atoms with Gasteiger partial charge in [0.05, 0.1) is 0 Å². The number of aromatic nitrogens is 1. The molecule has 0 radical (unpaired) electrons. The minimum Gasteiger partial charge on any atom is -0.382 e. The van der Waals surface area contributed by atoms with Crippen molar-refractivity contribution in [3.05, 3.63) is 88.0 Å². The fourth-order valence-electron chi connectivity index (χ4n) is 5.15. The van der Waals surface area contributed by atoms with E-state index < -0.39 is 30.4 Å². The summed E-state index contributed by atoms with van der Waals surface area (Å²) in [6, 6.07) is 11.1. The zero-order valence-corrected chi connectivity index (χ0v) is 16.9. The maximum atomic E-state index is 14.7. The second kappa shape index (κ2) is 7.16. The van der Waals surface area contributed by atoms with Gasteiger partial charge < -0.3 is 5.11 Å². The summed E-state index contributed by atoms with van der Waals surface area (Å²) in [5, 5.41) is 10.6. The van der Waals surface area contributed by atoms with Crippen molar-refractivity contribution in [2.75, 3.05) is 0 Å². The molecule has 2 aliphatic carbocycles. The molecule has 6 heteroatoms. The normalized spacial score (nSPS) is 24.0. The molecule has 3 aromatic rings. The Morgan fingerprint density at radius 2 is 1.77 bits per heavy atom. The van der Waals surface area contributed by atoms with Gasteiger partial charge in [-0.05, 0) is 71.3 Å². The molecule has 1 aromatic heterocycles. The Morgan fingerprint density at radius 3 is 2.55 bits per heavy atom. The van der Waals surface area contributed by atoms with Crippen LogP contribution in [0.4, 0.5) is 17.6 Å². The Labute approximate surface area is 177 Å². The lowest BCUT2D eigenvalue weighted by atomic mass is 9.75. The SMILES string of the molecule is Cc1ncccc1-c1ccc(C2CCC(F)c3cc(F)ccc32)c2c1[C@H](O)C(F)(F)C2. The fourth-order valence-corrected chi connectivity index (χ4v) is 5.15. The standard InChI is InChI=1S/C25H21F4NO/c1-13-15(3-2-10-30-13)19-7-6-18(21-12-25(28,29)24(31)23(19)21)16-8-9-22(27)20-11-14(26)4-5-17(16)20/h2-7,10-11,16,22,24,31H,8-9,12H2,1H3/t16?,22?,24-/m0/s1. The average molecular weight is 427 g/mol. The summed E-state index contributed by atoms with van der Waals surface area (Å²) in [6.45, 7) is 1.79. The van der Waals surface area contributed by atoms with Crippen LogP contribution in [-0.2, 0) is 6.42 Å². The molecule has 2 aliphatic rings. The molecule has 0 bridgehead atoms. The third-order valence-corrected chi connectivity index (χ3v) is 6.62. The molecule has 0 aliphatic heterocycles. The molecule has 3 atom stereocenters. The molecular weight excluding hydrogens is 406 g/mol. The number of nitrogens with zero attached hydrogens (tertiary/aromatic N) is 1. The van der Waals surface area contributed by atoms with Crippen LogP contribution in [-0.4, -0.2) is 16.0 Å². The first kappa shape index (κ1) is 20.2. The number of aryl methyl sites for hydroxylation is 1. The molecule has 2 nitrogen and oxygen atoms in total. The maximum Gasteiger partial charge on any atom is 0.281 e. The molecule has 1 N–H and O–H groups in total. The van der Waals surface area contributed by atoms with Gasteiger partial charge in [-0.3, -0.25) is 4.98 Å². The lowest BCUT2D eigenvalue weighted by Crippen LogP contribution is -2.22. The molecular formula is C25H21F4NO. The quantitative estimate of drug-likeness (QED) is 0.483. The van der Waals surface area contributed by atoms with Crippen LogP contribution in [0.2, 0.25) is 0 Å². The molecule has 2 unspecified atom stereocenters. The third kappa shape index (κ3) is 3.16. The predicted octanol–water partition coefficient (Wildman–Crippen LogP) is 6.36. The van der Waals surface area contributed by atoms with Gasteiger partial charge in [0, 0.05) is 29.8 Å². The molecule has 0 spiro atoms.